The summed E-state index contributed by atoms with van der Waals surface area (Å²) in [6.07, 6.45) is 0. The molecule has 0 heterocycles. The molecule has 0 saturated carbocycles. The number of hydrogen-bond donors (Lipinski definition) is 0. The van der Waals surface area contributed by atoms with Gasteiger partial charge < -0.3 is 4.74 Å². The fraction of sp³-hybridized carbons (Fsp3) is 0.143. The molecule has 2 heteroatoms. The van der Waals surface area contributed by atoms with Gasteiger partial charge in [-0.1, -0.05) is 0 Å². The Hall–Kier alpha value is -0.357. The van der Waals surface area contributed by atoms with Crippen molar-refractivity contribution >= 4 is 0 Å². The van der Waals surface area contributed by atoms with Gasteiger partial charge >= 0.3 is 0 Å². The summed E-state index contributed by atoms with van der Waals surface area (Å²) in [7, 11) is 1.64. The molecule has 1 rings (SSSR count). The Morgan fingerprint density at radius 3 is 2.67 bits per heavy atom. The fourth-order valence-electron chi connectivity index (χ4n) is 0.504. The van der Waals surface area contributed by atoms with Crippen LogP contribution < -0.4 is 4.74 Å². The van der Waals surface area contributed by atoms with E-state index in [-0.39, 0.29) is 19.5 Å². The third-order valence-electron chi connectivity index (χ3n) is 0.914. The molecule has 0 amide bonds. The summed E-state index contributed by atoms with van der Waals surface area (Å²) in [5.74, 6) is 0.854. The van der Waals surface area contributed by atoms with Crippen molar-refractivity contribution in [2.24, 2.45) is 0 Å². The van der Waals surface area contributed by atoms with Crippen molar-refractivity contribution in [2.45, 2.75) is 0 Å². The zero-order valence-electron chi connectivity index (χ0n) is 5.42. The van der Waals surface area contributed by atoms with Gasteiger partial charge in [0.05, 0.1) is 7.11 Å². The van der Waals surface area contributed by atoms with Gasteiger partial charge in [0, 0.05) is 25.2 Å². The molecule has 0 aromatic heterocycles. The average molecular weight is 173 g/mol. The molecule has 0 radical (unpaired) electrons. The van der Waals surface area contributed by atoms with Crippen molar-refractivity contribution in [1.29, 1.82) is 0 Å². The minimum atomic E-state index is 0. The van der Waals surface area contributed by atoms with Crippen LogP contribution in [-0.2, 0) is 19.5 Å². The van der Waals surface area contributed by atoms with Crippen molar-refractivity contribution in [2.75, 3.05) is 7.11 Å². The number of hydrogen-bond acceptors (Lipinski definition) is 1. The summed E-state index contributed by atoms with van der Waals surface area (Å²) in [6, 6.07) is 10.3. The Balaban J connectivity index is 0.000000640. The van der Waals surface area contributed by atoms with Gasteiger partial charge in [-0.2, -0.15) is 18.2 Å². The third kappa shape index (κ3) is 2.62. The van der Waals surface area contributed by atoms with Crippen molar-refractivity contribution < 1.29 is 24.2 Å². The van der Waals surface area contributed by atoms with E-state index in [0.717, 1.165) is 5.75 Å². The second-order valence-electron chi connectivity index (χ2n) is 1.44. The van der Waals surface area contributed by atoms with E-state index in [9.17, 15) is 0 Å². The van der Waals surface area contributed by atoms with Crippen molar-refractivity contribution in [3.05, 3.63) is 30.3 Å². The minimum Gasteiger partial charge on any atom is -0.554 e. The maximum atomic E-state index is 4.88. The maximum absolute atomic E-state index is 4.88. The molecule has 1 aromatic carbocycles. The molecule has 0 aliphatic rings. The van der Waals surface area contributed by atoms with Gasteiger partial charge in [-0.15, -0.1) is 12.1 Å². The number of methoxy groups -OCH3 is 1. The first-order valence-corrected chi connectivity index (χ1v) is 2.43. The van der Waals surface area contributed by atoms with E-state index < -0.39 is 0 Å². The molecule has 1 nitrogen and oxygen atoms in total. The Morgan fingerprint density at radius 2 is 2.33 bits per heavy atom. The van der Waals surface area contributed by atoms with E-state index in [1.54, 1.807) is 13.2 Å². The molecule has 1 aromatic rings. The summed E-state index contributed by atoms with van der Waals surface area (Å²) in [5, 5.41) is 0. The number of rotatable bonds is 1. The van der Waals surface area contributed by atoms with E-state index in [4.69, 9.17) is 4.74 Å². The molecule has 0 bridgehead atoms. The minimum absolute atomic E-state index is 0. The maximum Gasteiger partial charge on any atom is 0.0606 e. The summed E-state index contributed by atoms with van der Waals surface area (Å²) in [6.45, 7) is 0. The SMILES string of the molecule is COc1c[c-]ccc1.[Zn]. The van der Waals surface area contributed by atoms with Crippen molar-refractivity contribution in [3.8, 4) is 5.75 Å². The zero-order valence-corrected chi connectivity index (χ0v) is 8.39. The predicted molar refractivity (Wildman–Crippen MR) is 31.8 cm³/mol. The quantitative estimate of drug-likeness (QED) is 0.461. The molecule has 0 fully saturated rings. The summed E-state index contributed by atoms with van der Waals surface area (Å²) in [5.41, 5.74) is 0. The summed E-state index contributed by atoms with van der Waals surface area (Å²) >= 11 is 0. The van der Waals surface area contributed by atoms with Crippen LogP contribution in [0, 0.1) is 6.07 Å². The van der Waals surface area contributed by atoms with E-state index in [2.05, 4.69) is 6.07 Å². The van der Waals surface area contributed by atoms with E-state index in [0.29, 0.717) is 0 Å². The first-order valence-electron chi connectivity index (χ1n) is 2.43. The third-order valence-corrected chi connectivity index (χ3v) is 0.914. The van der Waals surface area contributed by atoms with Crippen LogP contribution in [0.25, 0.3) is 0 Å². The molecule has 0 aliphatic carbocycles. The summed E-state index contributed by atoms with van der Waals surface area (Å²) < 4.78 is 4.88. The summed E-state index contributed by atoms with van der Waals surface area (Å²) in [4.78, 5) is 0. The normalized spacial score (nSPS) is 7.67. The predicted octanol–water partition coefficient (Wildman–Crippen LogP) is 1.49. The van der Waals surface area contributed by atoms with Gasteiger partial charge in [0.25, 0.3) is 0 Å². The van der Waals surface area contributed by atoms with E-state index >= 15 is 0 Å². The Kier molecular flexibility index (Phi) is 4.34. The monoisotopic (exact) mass is 171 g/mol. The molecule has 0 atom stereocenters. The van der Waals surface area contributed by atoms with Crippen LogP contribution >= 0.6 is 0 Å². The van der Waals surface area contributed by atoms with Crippen LogP contribution in [0.15, 0.2) is 24.3 Å². The molecule has 0 N–H and O–H groups in total. The van der Waals surface area contributed by atoms with Crippen LogP contribution in [0.1, 0.15) is 0 Å². The molecule has 0 unspecified atom stereocenters. The zero-order chi connectivity index (χ0) is 5.82. The first kappa shape index (κ1) is 8.64. The Labute approximate surface area is 67.8 Å². The first-order chi connectivity index (χ1) is 3.93. The smallest absolute Gasteiger partial charge is 0.0606 e. The second-order valence-corrected chi connectivity index (χ2v) is 1.44. The van der Waals surface area contributed by atoms with Crippen LogP contribution in [0.3, 0.4) is 0 Å². The van der Waals surface area contributed by atoms with Crippen LogP contribution in [-0.4, -0.2) is 7.11 Å². The average Bonchev–Trinajstić information content (AvgIpc) is 1.90. The van der Waals surface area contributed by atoms with Gasteiger partial charge in [-0.3, -0.25) is 0 Å². The van der Waals surface area contributed by atoms with Crippen molar-refractivity contribution in [3.63, 3.8) is 0 Å². The second kappa shape index (κ2) is 4.52. The van der Waals surface area contributed by atoms with Crippen molar-refractivity contribution in [1.82, 2.24) is 0 Å². The molecule has 44 valence electrons. The van der Waals surface area contributed by atoms with E-state index in [1.165, 1.54) is 0 Å². The molecule has 0 aliphatic heterocycles. The van der Waals surface area contributed by atoms with Crippen LogP contribution in [0.4, 0.5) is 0 Å². The van der Waals surface area contributed by atoms with Gasteiger partial charge in [-0.05, 0) is 0 Å². The number of benzene rings is 1. The van der Waals surface area contributed by atoms with Gasteiger partial charge in [0.2, 0.25) is 0 Å². The molecule has 0 saturated heterocycles. The topological polar surface area (TPSA) is 9.23 Å². The molecule has 9 heavy (non-hydrogen) atoms. The van der Waals surface area contributed by atoms with Gasteiger partial charge in [-0.25, -0.2) is 0 Å². The molecular formula is C7H7OZn-. The standard InChI is InChI=1S/C7H7O.Zn/c1-8-7-5-3-2-4-6-7;/h2-3,5-6H,1H3;/q-1;. The van der Waals surface area contributed by atoms with Crippen LogP contribution in [0.5, 0.6) is 5.75 Å². The molecule has 0 spiro atoms. The van der Waals surface area contributed by atoms with E-state index in [1.807, 2.05) is 18.2 Å². The largest absolute Gasteiger partial charge is 0.554 e. The Morgan fingerprint density at radius 1 is 1.56 bits per heavy atom. The molecular weight excluding hydrogens is 165 g/mol. The van der Waals surface area contributed by atoms with Crippen LogP contribution in [0.2, 0.25) is 0 Å². The fourth-order valence-corrected chi connectivity index (χ4v) is 0.504. The van der Waals surface area contributed by atoms with Gasteiger partial charge in [0.1, 0.15) is 0 Å². The number of ether oxygens (including phenoxy) is 1. The Bertz CT molecular complexity index is 150. The van der Waals surface area contributed by atoms with Gasteiger partial charge in [0.15, 0.2) is 0 Å².